The predicted molar refractivity (Wildman–Crippen MR) is 84.6 cm³/mol. The van der Waals surface area contributed by atoms with Crippen LogP contribution in [0.1, 0.15) is 44.6 Å². The van der Waals surface area contributed by atoms with E-state index in [4.69, 9.17) is 10.5 Å². The van der Waals surface area contributed by atoms with Gasteiger partial charge in [-0.1, -0.05) is 19.1 Å². The molecule has 1 aromatic carbocycles. The minimum atomic E-state index is 0.444. The first kappa shape index (κ1) is 15.3. The maximum atomic E-state index is 5.77. The van der Waals surface area contributed by atoms with Crippen LogP contribution in [0.2, 0.25) is 0 Å². The van der Waals surface area contributed by atoms with Crippen molar-refractivity contribution in [1.29, 1.82) is 0 Å². The van der Waals surface area contributed by atoms with E-state index in [1.807, 2.05) is 19.2 Å². The Morgan fingerprint density at radius 2 is 2.00 bits per heavy atom. The van der Waals surface area contributed by atoms with E-state index in [1.165, 1.54) is 37.7 Å². The van der Waals surface area contributed by atoms with Gasteiger partial charge in [0.1, 0.15) is 0 Å². The number of methoxy groups -OCH3 is 1. The second-order valence-electron chi connectivity index (χ2n) is 5.89. The average Bonchev–Trinajstić information content (AvgIpc) is 2.49. The van der Waals surface area contributed by atoms with Gasteiger partial charge in [-0.15, -0.1) is 0 Å². The second kappa shape index (κ2) is 7.65. The molecule has 2 atom stereocenters. The van der Waals surface area contributed by atoms with Gasteiger partial charge in [-0.05, 0) is 56.3 Å². The molecule has 1 saturated carbocycles. The zero-order valence-corrected chi connectivity index (χ0v) is 12.8. The third kappa shape index (κ3) is 4.22. The van der Waals surface area contributed by atoms with Gasteiger partial charge in [0.2, 0.25) is 0 Å². The molecule has 0 saturated heterocycles. The summed E-state index contributed by atoms with van der Waals surface area (Å²) in [7, 11) is 1.84. The number of hydrogen-bond acceptors (Lipinski definition) is 3. The van der Waals surface area contributed by atoms with Crippen LogP contribution >= 0.6 is 0 Å². The lowest BCUT2D eigenvalue weighted by molar-refractivity contribution is 0.0254. The van der Waals surface area contributed by atoms with E-state index in [9.17, 15) is 0 Å². The standard InChI is InChI=1S/C17H28N2O/c1-3-11-19(13-14-7-9-15(18)10-8-14)16-5-4-6-17(12-16)20-2/h7-10,16-17H,3-6,11-13,18H2,1-2H3. The number of rotatable bonds is 6. The normalized spacial score (nSPS) is 23.1. The van der Waals surface area contributed by atoms with Crippen LogP contribution in [0.4, 0.5) is 5.69 Å². The monoisotopic (exact) mass is 276 g/mol. The van der Waals surface area contributed by atoms with Gasteiger partial charge in [0.05, 0.1) is 6.10 Å². The molecule has 0 radical (unpaired) electrons. The van der Waals surface area contributed by atoms with Crippen molar-refractivity contribution in [3.05, 3.63) is 29.8 Å². The van der Waals surface area contributed by atoms with Crippen LogP contribution in [0.15, 0.2) is 24.3 Å². The summed E-state index contributed by atoms with van der Waals surface area (Å²) in [6.07, 6.45) is 6.61. The highest BCUT2D eigenvalue weighted by atomic mass is 16.5. The van der Waals surface area contributed by atoms with Crippen molar-refractivity contribution in [2.75, 3.05) is 19.4 Å². The van der Waals surface area contributed by atoms with Gasteiger partial charge in [0, 0.05) is 25.4 Å². The average molecular weight is 276 g/mol. The fourth-order valence-electron chi connectivity index (χ4n) is 3.20. The van der Waals surface area contributed by atoms with E-state index in [0.29, 0.717) is 12.1 Å². The van der Waals surface area contributed by atoms with Crippen molar-refractivity contribution in [3.8, 4) is 0 Å². The number of hydrogen-bond donors (Lipinski definition) is 1. The Hall–Kier alpha value is -1.06. The SMILES string of the molecule is CCCN(Cc1ccc(N)cc1)C1CCCC(OC)C1. The zero-order chi connectivity index (χ0) is 14.4. The minimum absolute atomic E-state index is 0.444. The minimum Gasteiger partial charge on any atom is -0.399 e. The number of benzene rings is 1. The van der Waals surface area contributed by atoms with E-state index in [0.717, 1.165) is 18.8 Å². The smallest absolute Gasteiger partial charge is 0.0586 e. The summed E-state index contributed by atoms with van der Waals surface area (Å²) >= 11 is 0. The number of anilines is 1. The van der Waals surface area contributed by atoms with Crippen LogP contribution in [0.5, 0.6) is 0 Å². The Morgan fingerprint density at radius 1 is 1.25 bits per heavy atom. The summed E-state index contributed by atoms with van der Waals surface area (Å²) in [4.78, 5) is 2.62. The Labute approximate surface area is 123 Å². The van der Waals surface area contributed by atoms with E-state index >= 15 is 0 Å². The summed E-state index contributed by atoms with van der Waals surface area (Å²) in [6, 6.07) is 8.95. The molecule has 2 rings (SSSR count). The van der Waals surface area contributed by atoms with Crippen LogP contribution in [-0.2, 0) is 11.3 Å². The Bertz CT molecular complexity index is 390. The molecular formula is C17H28N2O. The number of nitrogens with two attached hydrogens (primary N) is 1. The molecule has 3 heteroatoms. The fraction of sp³-hybridized carbons (Fsp3) is 0.647. The number of nitrogen functional groups attached to an aromatic ring is 1. The molecule has 20 heavy (non-hydrogen) atoms. The van der Waals surface area contributed by atoms with Crippen LogP contribution in [0.3, 0.4) is 0 Å². The van der Waals surface area contributed by atoms with Gasteiger partial charge in [0.25, 0.3) is 0 Å². The van der Waals surface area contributed by atoms with Crippen molar-refractivity contribution in [3.63, 3.8) is 0 Å². The van der Waals surface area contributed by atoms with Crippen LogP contribution in [0.25, 0.3) is 0 Å². The van der Waals surface area contributed by atoms with Gasteiger partial charge in [-0.2, -0.15) is 0 Å². The van der Waals surface area contributed by atoms with Crippen molar-refractivity contribution in [2.24, 2.45) is 0 Å². The highest BCUT2D eigenvalue weighted by Crippen LogP contribution is 2.26. The number of ether oxygens (including phenoxy) is 1. The van der Waals surface area contributed by atoms with E-state index < -0.39 is 0 Å². The Morgan fingerprint density at radius 3 is 2.65 bits per heavy atom. The maximum Gasteiger partial charge on any atom is 0.0586 e. The first-order valence-electron chi connectivity index (χ1n) is 7.84. The summed E-state index contributed by atoms with van der Waals surface area (Å²) in [6.45, 7) is 4.44. The quantitative estimate of drug-likeness (QED) is 0.809. The molecule has 0 bridgehead atoms. The third-order valence-corrected chi connectivity index (χ3v) is 4.32. The lowest BCUT2D eigenvalue weighted by Gasteiger charge is -2.37. The van der Waals surface area contributed by atoms with Crippen LogP contribution in [-0.4, -0.2) is 30.7 Å². The summed E-state index contributed by atoms with van der Waals surface area (Å²) in [5.74, 6) is 0. The lowest BCUT2D eigenvalue weighted by atomic mass is 9.91. The van der Waals surface area contributed by atoms with Crippen LogP contribution in [0, 0.1) is 0 Å². The summed E-state index contributed by atoms with van der Waals surface area (Å²) in [5, 5.41) is 0. The molecule has 0 spiro atoms. The third-order valence-electron chi connectivity index (χ3n) is 4.32. The van der Waals surface area contributed by atoms with Gasteiger partial charge in [0.15, 0.2) is 0 Å². The lowest BCUT2D eigenvalue weighted by Crippen LogP contribution is -2.40. The topological polar surface area (TPSA) is 38.5 Å². The molecule has 1 aliphatic rings. The maximum absolute atomic E-state index is 5.77. The van der Waals surface area contributed by atoms with Crippen molar-refractivity contribution in [1.82, 2.24) is 4.90 Å². The molecular weight excluding hydrogens is 248 g/mol. The molecule has 112 valence electrons. The molecule has 1 aromatic rings. The van der Waals surface area contributed by atoms with Crippen molar-refractivity contribution >= 4 is 5.69 Å². The summed E-state index contributed by atoms with van der Waals surface area (Å²) in [5.41, 5.74) is 7.96. The molecule has 0 amide bonds. The largest absolute Gasteiger partial charge is 0.399 e. The van der Waals surface area contributed by atoms with Gasteiger partial charge in [-0.25, -0.2) is 0 Å². The number of nitrogens with zero attached hydrogens (tertiary/aromatic N) is 1. The first-order chi connectivity index (χ1) is 9.72. The summed E-state index contributed by atoms with van der Waals surface area (Å²) < 4.78 is 5.57. The van der Waals surface area contributed by atoms with Crippen molar-refractivity contribution < 1.29 is 4.74 Å². The van der Waals surface area contributed by atoms with E-state index in [2.05, 4.69) is 24.0 Å². The molecule has 0 heterocycles. The fourth-order valence-corrected chi connectivity index (χ4v) is 3.20. The molecule has 2 unspecified atom stereocenters. The highest BCUT2D eigenvalue weighted by molar-refractivity contribution is 5.39. The first-order valence-corrected chi connectivity index (χ1v) is 7.84. The van der Waals surface area contributed by atoms with E-state index in [-0.39, 0.29) is 0 Å². The highest BCUT2D eigenvalue weighted by Gasteiger charge is 2.26. The van der Waals surface area contributed by atoms with Crippen LogP contribution < -0.4 is 5.73 Å². The Balaban J connectivity index is 2.00. The van der Waals surface area contributed by atoms with E-state index in [1.54, 1.807) is 0 Å². The molecule has 1 aliphatic carbocycles. The molecule has 1 fully saturated rings. The predicted octanol–water partition coefficient (Wildman–Crippen LogP) is 3.44. The zero-order valence-electron chi connectivity index (χ0n) is 12.8. The van der Waals surface area contributed by atoms with Crippen molar-refractivity contribution in [2.45, 2.75) is 57.7 Å². The van der Waals surface area contributed by atoms with Gasteiger partial charge < -0.3 is 10.5 Å². The molecule has 0 aromatic heterocycles. The Kier molecular flexibility index (Phi) is 5.86. The molecule has 3 nitrogen and oxygen atoms in total. The van der Waals surface area contributed by atoms with Gasteiger partial charge >= 0.3 is 0 Å². The molecule has 2 N–H and O–H groups in total. The molecule has 0 aliphatic heterocycles. The second-order valence-corrected chi connectivity index (χ2v) is 5.89. The van der Waals surface area contributed by atoms with Gasteiger partial charge in [-0.3, -0.25) is 4.90 Å².